The molecule has 7 heteroatoms. The average molecular weight is 523 g/mol. The van der Waals surface area contributed by atoms with Crippen LogP contribution in [0.1, 0.15) is 67.5 Å². The third-order valence-electron chi connectivity index (χ3n) is 6.58. The highest BCUT2D eigenvalue weighted by atomic mass is 32.2. The van der Waals surface area contributed by atoms with Crippen molar-refractivity contribution < 1.29 is 19.5 Å². The van der Waals surface area contributed by atoms with E-state index in [1.807, 2.05) is 12.1 Å². The maximum Gasteiger partial charge on any atom is 0.335 e. The highest BCUT2D eigenvalue weighted by Gasteiger charge is 2.34. The number of benzene rings is 4. The lowest BCUT2D eigenvalue weighted by Gasteiger charge is -2.24. The van der Waals surface area contributed by atoms with E-state index < -0.39 is 5.97 Å². The number of anilines is 3. The van der Waals surface area contributed by atoms with Crippen molar-refractivity contribution in [3.63, 3.8) is 0 Å². The van der Waals surface area contributed by atoms with Crippen LogP contribution in [0.2, 0.25) is 0 Å². The summed E-state index contributed by atoms with van der Waals surface area (Å²) in [7, 11) is 0. The van der Waals surface area contributed by atoms with Crippen molar-refractivity contribution in [2.24, 2.45) is 0 Å². The summed E-state index contributed by atoms with van der Waals surface area (Å²) >= 11 is 1.31. The number of rotatable bonds is 8. The number of nitrogens with one attached hydrogen (secondary N) is 1. The van der Waals surface area contributed by atoms with E-state index in [4.69, 9.17) is 5.73 Å². The molecule has 0 atom stereocenters. The van der Waals surface area contributed by atoms with E-state index in [2.05, 4.69) is 24.4 Å². The Hall–Kier alpha value is -4.36. The second-order valence-corrected chi connectivity index (χ2v) is 10.3. The molecular formula is C31H26N2O4S. The molecule has 6 nitrogen and oxygen atoms in total. The number of nitrogens with two attached hydrogens (primary N) is 1. The number of hydrogen-bond donors (Lipinski definition) is 3. The van der Waals surface area contributed by atoms with Crippen molar-refractivity contribution in [1.29, 1.82) is 0 Å². The summed E-state index contributed by atoms with van der Waals surface area (Å²) in [4.78, 5) is 39.8. The minimum Gasteiger partial charge on any atom is -0.478 e. The Morgan fingerprint density at radius 1 is 0.895 bits per heavy atom. The first kappa shape index (κ1) is 25.3. The predicted octanol–water partition coefficient (Wildman–Crippen LogP) is 6.98. The Kier molecular flexibility index (Phi) is 7.03. The molecule has 0 heterocycles. The van der Waals surface area contributed by atoms with E-state index in [0.29, 0.717) is 21.7 Å². The number of unbranched alkanes of at least 4 members (excludes halogenated alkanes) is 1. The highest BCUT2D eigenvalue weighted by molar-refractivity contribution is 7.99. The Bertz CT molecular complexity index is 1560. The normalized spacial score (nSPS) is 12.1. The van der Waals surface area contributed by atoms with E-state index in [-0.39, 0.29) is 33.9 Å². The van der Waals surface area contributed by atoms with Gasteiger partial charge >= 0.3 is 5.97 Å². The van der Waals surface area contributed by atoms with Crippen LogP contribution in [0.5, 0.6) is 0 Å². The summed E-state index contributed by atoms with van der Waals surface area (Å²) in [6.45, 7) is 2.16. The topological polar surface area (TPSA) is 109 Å². The largest absolute Gasteiger partial charge is 0.478 e. The summed E-state index contributed by atoms with van der Waals surface area (Å²) < 4.78 is 0. The quantitative estimate of drug-likeness (QED) is 0.189. The van der Waals surface area contributed by atoms with Gasteiger partial charge in [-0.25, -0.2) is 4.79 Å². The van der Waals surface area contributed by atoms with Crippen LogP contribution >= 0.6 is 11.8 Å². The molecule has 0 unspecified atom stereocenters. The second kappa shape index (κ2) is 10.6. The monoisotopic (exact) mass is 522 g/mol. The van der Waals surface area contributed by atoms with E-state index in [1.165, 1.54) is 29.5 Å². The smallest absolute Gasteiger partial charge is 0.335 e. The lowest BCUT2D eigenvalue weighted by Crippen LogP contribution is -2.24. The maximum absolute atomic E-state index is 13.6. The summed E-state index contributed by atoms with van der Waals surface area (Å²) in [5.41, 5.74) is 10.6. The van der Waals surface area contributed by atoms with Crippen LogP contribution in [-0.2, 0) is 6.42 Å². The molecule has 4 aromatic rings. The molecule has 1 aliphatic carbocycles. The van der Waals surface area contributed by atoms with Crippen molar-refractivity contribution in [2.45, 2.75) is 36.0 Å². The molecule has 38 heavy (non-hydrogen) atoms. The zero-order valence-corrected chi connectivity index (χ0v) is 21.6. The van der Waals surface area contributed by atoms with E-state index in [9.17, 15) is 19.5 Å². The van der Waals surface area contributed by atoms with E-state index in [0.717, 1.165) is 29.8 Å². The number of aromatic carboxylic acids is 1. The van der Waals surface area contributed by atoms with Gasteiger partial charge in [-0.1, -0.05) is 61.5 Å². The summed E-state index contributed by atoms with van der Waals surface area (Å²) in [5.74, 6) is -1.56. The fourth-order valence-corrected chi connectivity index (χ4v) is 5.48. The number of aryl methyl sites for hydroxylation is 1. The zero-order chi connectivity index (χ0) is 26.8. The van der Waals surface area contributed by atoms with Gasteiger partial charge in [0, 0.05) is 26.6 Å². The number of hydrogen-bond acceptors (Lipinski definition) is 6. The molecule has 1 aliphatic rings. The molecule has 0 saturated carbocycles. The molecule has 0 bridgehead atoms. The van der Waals surface area contributed by atoms with Crippen molar-refractivity contribution in [3.8, 4) is 0 Å². The van der Waals surface area contributed by atoms with E-state index >= 15 is 0 Å². The highest BCUT2D eigenvalue weighted by Crippen LogP contribution is 2.43. The molecule has 190 valence electrons. The van der Waals surface area contributed by atoms with E-state index in [1.54, 1.807) is 42.5 Å². The zero-order valence-electron chi connectivity index (χ0n) is 20.8. The Labute approximate surface area is 224 Å². The number of nitrogen functional groups attached to an aromatic ring is 1. The Morgan fingerprint density at radius 3 is 2.13 bits per heavy atom. The minimum atomic E-state index is -1.01. The first-order valence-corrected chi connectivity index (χ1v) is 13.2. The van der Waals surface area contributed by atoms with Crippen molar-refractivity contribution in [3.05, 3.63) is 112 Å². The molecule has 0 fully saturated rings. The Balaban J connectivity index is 1.59. The van der Waals surface area contributed by atoms with Crippen molar-refractivity contribution >= 4 is 46.4 Å². The van der Waals surface area contributed by atoms with Gasteiger partial charge in [0.15, 0.2) is 11.6 Å². The third kappa shape index (κ3) is 4.80. The van der Waals surface area contributed by atoms with Crippen molar-refractivity contribution in [2.75, 3.05) is 11.1 Å². The van der Waals surface area contributed by atoms with Gasteiger partial charge in [-0.05, 0) is 60.9 Å². The standard InChI is InChI=1S/C31H26N2O4S/c1-2-3-6-18-9-13-20(14-10-18)33-24-17-25(38-21-15-11-19(12-16-21)31(36)37)28(32)27-26(24)29(34)22-7-4-5-8-23(22)30(27)35/h4-5,7-17,33H,2-3,6,32H2,1H3,(H,36,37). The van der Waals surface area contributed by atoms with Gasteiger partial charge in [-0.3, -0.25) is 9.59 Å². The molecule has 0 radical (unpaired) electrons. The van der Waals surface area contributed by atoms with Crippen LogP contribution in [0.3, 0.4) is 0 Å². The fraction of sp³-hybridized carbons (Fsp3) is 0.129. The number of carboxylic acid groups (broad SMARTS) is 1. The molecule has 0 amide bonds. The van der Waals surface area contributed by atoms with Gasteiger partial charge in [0.05, 0.1) is 28.1 Å². The molecule has 0 aliphatic heterocycles. The van der Waals surface area contributed by atoms with Gasteiger partial charge in [0.1, 0.15) is 0 Å². The van der Waals surface area contributed by atoms with Crippen molar-refractivity contribution in [1.82, 2.24) is 0 Å². The number of ketones is 2. The molecule has 0 saturated heterocycles. The Morgan fingerprint density at radius 2 is 1.53 bits per heavy atom. The molecular weight excluding hydrogens is 496 g/mol. The minimum absolute atomic E-state index is 0.176. The fourth-order valence-electron chi connectivity index (χ4n) is 4.56. The van der Waals surface area contributed by atoms with Crippen LogP contribution in [0.4, 0.5) is 17.1 Å². The van der Waals surface area contributed by atoms with Gasteiger partial charge in [-0.15, -0.1) is 0 Å². The molecule has 0 spiro atoms. The lowest BCUT2D eigenvalue weighted by molar-refractivity contribution is 0.0696. The predicted molar refractivity (Wildman–Crippen MR) is 150 cm³/mol. The average Bonchev–Trinajstić information content (AvgIpc) is 2.93. The molecule has 5 rings (SSSR count). The first-order valence-electron chi connectivity index (χ1n) is 12.4. The summed E-state index contributed by atoms with van der Waals surface area (Å²) in [6.07, 6.45) is 3.23. The molecule has 4 aromatic carbocycles. The first-order chi connectivity index (χ1) is 18.4. The van der Waals surface area contributed by atoms with Crippen LogP contribution < -0.4 is 11.1 Å². The van der Waals surface area contributed by atoms with Gasteiger partial charge < -0.3 is 16.2 Å². The van der Waals surface area contributed by atoms with Crippen LogP contribution in [0.15, 0.2) is 88.7 Å². The SMILES string of the molecule is CCCCc1ccc(Nc2cc(Sc3ccc(C(=O)O)cc3)c(N)c3c2C(=O)c2ccccc2C3=O)cc1. The molecule has 0 aromatic heterocycles. The lowest BCUT2D eigenvalue weighted by atomic mass is 9.82. The maximum atomic E-state index is 13.6. The van der Waals surface area contributed by atoms with Gasteiger partial charge in [-0.2, -0.15) is 0 Å². The third-order valence-corrected chi connectivity index (χ3v) is 7.65. The van der Waals surface area contributed by atoms with Crippen LogP contribution in [0, 0.1) is 0 Å². The summed E-state index contributed by atoms with van der Waals surface area (Å²) in [5, 5.41) is 12.6. The van der Waals surface area contributed by atoms with Crippen LogP contribution in [0.25, 0.3) is 0 Å². The number of carboxylic acids is 1. The van der Waals surface area contributed by atoms with Crippen LogP contribution in [-0.4, -0.2) is 22.6 Å². The van der Waals surface area contributed by atoms with Gasteiger partial charge in [0.2, 0.25) is 0 Å². The number of fused-ring (bicyclic) bond motifs is 2. The number of carbonyl (C=O) groups is 3. The number of carbonyl (C=O) groups excluding carboxylic acids is 2. The second-order valence-electron chi connectivity index (χ2n) is 9.15. The van der Waals surface area contributed by atoms with Gasteiger partial charge in [0.25, 0.3) is 0 Å². The summed E-state index contributed by atoms with van der Waals surface area (Å²) in [6, 6.07) is 23.0. The molecule has 4 N–H and O–H groups in total.